The lowest BCUT2D eigenvalue weighted by Crippen LogP contribution is -2.41. The molecule has 0 radical (unpaired) electrons. The van der Waals surface area contributed by atoms with Crippen LogP contribution in [0.1, 0.15) is 24.6 Å². The molecule has 0 saturated carbocycles. The van der Waals surface area contributed by atoms with E-state index in [2.05, 4.69) is 10.4 Å². The van der Waals surface area contributed by atoms with Crippen molar-refractivity contribution in [3.63, 3.8) is 0 Å². The van der Waals surface area contributed by atoms with E-state index in [0.717, 1.165) is 24.4 Å². The number of carbonyl (C=O) groups excluding carboxylic acids is 1. The van der Waals surface area contributed by atoms with Crippen LogP contribution in [0.5, 0.6) is 0 Å². The maximum atomic E-state index is 12.6. The molecule has 2 aromatic carbocycles. The molecule has 150 valence electrons. The molecule has 29 heavy (non-hydrogen) atoms. The molecule has 1 N–H and O–H groups in total. The van der Waals surface area contributed by atoms with Gasteiger partial charge in [-0.1, -0.05) is 29.8 Å². The normalized spacial score (nSPS) is 14.8. The highest BCUT2D eigenvalue weighted by molar-refractivity contribution is 6.30. The molecular formula is C21H22ClN5O2. The Bertz CT molecular complexity index is 1050. The van der Waals surface area contributed by atoms with E-state index in [9.17, 15) is 9.59 Å². The number of hydrogen-bond acceptors (Lipinski definition) is 3. The number of benzene rings is 2. The summed E-state index contributed by atoms with van der Waals surface area (Å²) in [4.78, 5) is 27.0. The molecule has 3 aromatic rings. The van der Waals surface area contributed by atoms with Crippen molar-refractivity contribution in [3.8, 4) is 5.69 Å². The van der Waals surface area contributed by atoms with Crippen molar-refractivity contribution in [2.75, 3.05) is 18.4 Å². The summed E-state index contributed by atoms with van der Waals surface area (Å²) in [5, 5.41) is 8.02. The summed E-state index contributed by atoms with van der Waals surface area (Å²) in [6.45, 7) is 1.20. The number of para-hydroxylation sites is 1. The number of amides is 2. The fourth-order valence-electron chi connectivity index (χ4n) is 3.64. The number of nitrogens with one attached hydrogen (secondary N) is 1. The lowest BCUT2D eigenvalue weighted by atomic mass is 9.96. The topological polar surface area (TPSA) is 72.2 Å². The van der Waals surface area contributed by atoms with Gasteiger partial charge in [0.25, 0.3) is 0 Å². The number of nitrogens with zero attached hydrogens (tertiary/aromatic N) is 4. The van der Waals surface area contributed by atoms with Crippen molar-refractivity contribution >= 4 is 23.3 Å². The number of halogens is 1. The molecule has 7 nitrogen and oxygen atoms in total. The molecule has 8 heteroatoms. The van der Waals surface area contributed by atoms with E-state index in [1.165, 1.54) is 4.68 Å². The van der Waals surface area contributed by atoms with Gasteiger partial charge in [-0.05, 0) is 49.2 Å². The molecule has 2 amide bonds. The Labute approximate surface area is 173 Å². The summed E-state index contributed by atoms with van der Waals surface area (Å²) >= 11 is 5.89. The van der Waals surface area contributed by atoms with Crippen LogP contribution in [0.15, 0.2) is 59.4 Å². The first kappa shape index (κ1) is 19.3. The molecule has 1 saturated heterocycles. The second-order valence-electron chi connectivity index (χ2n) is 7.13. The van der Waals surface area contributed by atoms with Gasteiger partial charge in [-0.25, -0.2) is 18.8 Å². The average Bonchev–Trinajstić information content (AvgIpc) is 3.05. The van der Waals surface area contributed by atoms with Crippen LogP contribution in [0, 0.1) is 0 Å². The SMILES string of the molecule is Cn1nc(C2CCN(C(=O)Nc3ccc(Cl)cc3)CC2)n(-c2ccccc2)c1=O. The van der Waals surface area contributed by atoms with Gasteiger partial charge in [0.2, 0.25) is 0 Å². The lowest BCUT2D eigenvalue weighted by Gasteiger charge is -2.31. The number of likely N-dealkylation sites (tertiary alicyclic amines) is 1. The first-order valence-electron chi connectivity index (χ1n) is 9.56. The number of aryl methyl sites for hydroxylation is 1. The Kier molecular flexibility index (Phi) is 5.40. The van der Waals surface area contributed by atoms with Crippen molar-refractivity contribution in [2.45, 2.75) is 18.8 Å². The van der Waals surface area contributed by atoms with E-state index in [4.69, 9.17) is 11.6 Å². The Morgan fingerprint density at radius 2 is 1.72 bits per heavy atom. The van der Waals surface area contributed by atoms with Gasteiger partial charge >= 0.3 is 11.7 Å². The third kappa shape index (κ3) is 4.05. The highest BCUT2D eigenvalue weighted by atomic mass is 35.5. The summed E-state index contributed by atoms with van der Waals surface area (Å²) in [5.74, 6) is 0.866. The summed E-state index contributed by atoms with van der Waals surface area (Å²) in [5.41, 5.74) is 1.36. The second kappa shape index (κ2) is 8.13. The van der Waals surface area contributed by atoms with Crippen molar-refractivity contribution in [1.82, 2.24) is 19.2 Å². The molecule has 0 spiro atoms. The number of hydrogen-bond donors (Lipinski definition) is 1. The molecule has 1 aliphatic rings. The molecular weight excluding hydrogens is 390 g/mol. The van der Waals surface area contributed by atoms with E-state index in [0.29, 0.717) is 23.8 Å². The largest absolute Gasteiger partial charge is 0.350 e. The minimum atomic E-state index is -0.158. The van der Waals surface area contributed by atoms with Crippen LogP contribution in [0.3, 0.4) is 0 Å². The number of aromatic nitrogens is 3. The maximum Gasteiger partial charge on any atom is 0.350 e. The van der Waals surface area contributed by atoms with Gasteiger partial charge in [-0.15, -0.1) is 0 Å². The first-order valence-corrected chi connectivity index (χ1v) is 9.93. The van der Waals surface area contributed by atoms with Gasteiger partial charge in [0.1, 0.15) is 5.82 Å². The zero-order chi connectivity index (χ0) is 20.4. The zero-order valence-electron chi connectivity index (χ0n) is 16.1. The highest BCUT2D eigenvalue weighted by Gasteiger charge is 2.28. The van der Waals surface area contributed by atoms with E-state index < -0.39 is 0 Å². The van der Waals surface area contributed by atoms with Gasteiger partial charge in [-0.3, -0.25) is 0 Å². The minimum Gasteiger partial charge on any atom is -0.324 e. The van der Waals surface area contributed by atoms with Crippen LogP contribution >= 0.6 is 11.6 Å². The van der Waals surface area contributed by atoms with Crippen LogP contribution in [-0.2, 0) is 7.05 Å². The highest BCUT2D eigenvalue weighted by Crippen LogP contribution is 2.28. The Balaban J connectivity index is 1.46. The molecule has 0 bridgehead atoms. The van der Waals surface area contributed by atoms with E-state index in [1.54, 1.807) is 40.8 Å². The molecule has 4 rings (SSSR count). The Morgan fingerprint density at radius 1 is 1.07 bits per heavy atom. The van der Waals surface area contributed by atoms with Crippen molar-refractivity contribution in [1.29, 1.82) is 0 Å². The molecule has 2 heterocycles. The third-order valence-electron chi connectivity index (χ3n) is 5.21. The lowest BCUT2D eigenvalue weighted by molar-refractivity contribution is 0.193. The smallest absolute Gasteiger partial charge is 0.324 e. The molecule has 1 aromatic heterocycles. The Hall–Kier alpha value is -3.06. The van der Waals surface area contributed by atoms with Crippen LogP contribution in [0.25, 0.3) is 5.69 Å². The van der Waals surface area contributed by atoms with Crippen molar-refractivity contribution in [2.24, 2.45) is 7.05 Å². The van der Waals surface area contributed by atoms with Crippen LogP contribution in [0.4, 0.5) is 10.5 Å². The number of carbonyl (C=O) groups is 1. The van der Waals surface area contributed by atoms with Gasteiger partial charge in [0.05, 0.1) is 5.69 Å². The van der Waals surface area contributed by atoms with Gasteiger partial charge in [0, 0.05) is 36.8 Å². The fraction of sp³-hybridized carbons (Fsp3) is 0.286. The number of urea groups is 1. The monoisotopic (exact) mass is 411 g/mol. The summed E-state index contributed by atoms with van der Waals surface area (Å²) in [6.07, 6.45) is 1.49. The predicted molar refractivity (Wildman–Crippen MR) is 113 cm³/mol. The molecule has 0 atom stereocenters. The zero-order valence-corrected chi connectivity index (χ0v) is 16.8. The summed E-state index contributed by atoms with van der Waals surface area (Å²) < 4.78 is 3.05. The van der Waals surface area contributed by atoms with Gasteiger partial charge in [-0.2, -0.15) is 5.10 Å². The number of rotatable bonds is 3. The average molecular weight is 412 g/mol. The Morgan fingerprint density at radius 3 is 2.38 bits per heavy atom. The van der Waals surface area contributed by atoms with Crippen LogP contribution in [-0.4, -0.2) is 38.4 Å². The fourth-order valence-corrected chi connectivity index (χ4v) is 3.77. The number of anilines is 1. The first-order chi connectivity index (χ1) is 14.0. The van der Waals surface area contributed by atoms with Crippen LogP contribution < -0.4 is 11.0 Å². The van der Waals surface area contributed by atoms with Gasteiger partial charge in [0.15, 0.2) is 0 Å². The molecule has 1 fully saturated rings. The summed E-state index contributed by atoms with van der Waals surface area (Å²) in [6, 6.07) is 16.4. The van der Waals surface area contributed by atoms with E-state index >= 15 is 0 Å². The predicted octanol–water partition coefficient (Wildman–Crippen LogP) is 3.64. The van der Waals surface area contributed by atoms with Crippen LogP contribution in [0.2, 0.25) is 5.02 Å². The minimum absolute atomic E-state index is 0.115. The summed E-state index contributed by atoms with van der Waals surface area (Å²) in [7, 11) is 1.67. The van der Waals surface area contributed by atoms with E-state index in [1.807, 2.05) is 30.3 Å². The van der Waals surface area contributed by atoms with E-state index in [-0.39, 0.29) is 17.6 Å². The second-order valence-corrected chi connectivity index (χ2v) is 7.57. The maximum absolute atomic E-state index is 12.6. The molecule has 0 unspecified atom stereocenters. The van der Waals surface area contributed by atoms with Crippen molar-refractivity contribution in [3.05, 3.63) is 75.9 Å². The van der Waals surface area contributed by atoms with Gasteiger partial charge < -0.3 is 10.2 Å². The molecule has 0 aliphatic carbocycles. The standard InChI is InChI=1S/C21H22ClN5O2/c1-25-21(29)27(18-5-3-2-4-6-18)19(24-25)15-11-13-26(14-12-15)20(28)23-17-9-7-16(22)8-10-17/h2-10,15H,11-14H2,1H3,(H,23,28). The molecule has 1 aliphatic heterocycles. The number of piperidine rings is 1. The third-order valence-corrected chi connectivity index (χ3v) is 5.46. The quantitative estimate of drug-likeness (QED) is 0.715. The van der Waals surface area contributed by atoms with Crippen molar-refractivity contribution < 1.29 is 4.79 Å².